The average Bonchev–Trinajstić information content (AvgIpc) is 1.81. The van der Waals surface area contributed by atoms with Crippen LogP contribution in [0.1, 0.15) is 41.5 Å². The molecule has 0 aliphatic rings. The minimum atomic E-state index is 0. The van der Waals surface area contributed by atoms with E-state index in [1.54, 1.807) is 0 Å². The van der Waals surface area contributed by atoms with Crippen molar-refractivity contribution in [3.63, 3.8) is 0 Å². The van der Waals surface area contributed by atoms with Crippen molar-refractivity contribution in [1.29, 1.82) is 0 Å². The van der Waals surface area contributed by atoms with Crippen molar-refractivity contribution < 1.29 is 0 Å². The van der Waals surface area contributed by atoms with Crippen molar-refractivity contribution in [3.05, 3.63) is 0 Å². The summed E-state index contributed by atoms with van der Waals surface area (Å²) in [5.74, 6) is 0. The third-order valence-corrected chi connectivity index (χ3v) is 0. The zero-order valence-electron chi connectivity index (χ0n) is 8.38. The Morgan fingerprint density at radius 3 is 0.364 bits per heavy atom. The highest BCUT2D eigenvalue weighted by Crippen LogP contribution is 1.15. The van der Waals surface area contributed by atoms with Crippen LogP contribution in [-0.2, 0) is 0 Å². The van der Waals surface area contributed by atoms with Gasteiger partial charge in [-0.05, 0) is 0 Å². The predicted octanol–water partition coefficient (Wildman–Crippen LogP) is 4.05. The maximum atomic E-state index is 2.00. The molecule has 0 nitrogen and oxygen atoms in total. The van der Waals surface area contributed by atoms with E-state index in [0.717, 1.165) is 0 Å². The van der Waals surface area contributed by atoms with Gasteiger partial charge in [0.15, 0.2) is 0 Å². The first-order valence-electron chi connectivity index (χ1n) is 3.00. The molecule has 0 unspecified atom stereocenters. The molecule has 0 bridgehead atoms. The highest BCUT2D eigenvalue weighted by atomic mass is 79.9. The van der Waals surface area contributed by atoms with Gasteiger partial charge in [-0.2, -0.15) is 0 Å². The second kappa shape index (κ2) is 264. The standard InChI is InChI=1S/3C2H6.2Al.3BrH/c3*1-2;;;;;/h3*1-2H3;;;3*1H. The molecule has 0 N–H and O–H groups in total. The Morgan fingerprint density at radius 2 is 0.364 bits per heavy atom. The molecule has 0 heterocycles. The quantitative estimate of drug-likeness (QED) is 0.551. The van der Waals surface area contributed by atoms with Crippen molar-refractivity contribution in [1.82, 2.24) is 0 Å². The molecule has 0 aliphatic heterocycles. The van der Waals surface area contributed by atoms with Gasteiger partial charge < -0.3 is 0 Å². The minimum Gasteiger partial charge on any atom is -0.114 e. The van der Waals surface area contributed by atoms with Crippen molar-refractivity contribution in [2.45, 2.75) is 41.5 Å². The molecule has 0 aliphatic carbocycles. The molecule has 72 valence electrons. The van der Waals surface area contributed by atoms with Crippen LogP contribution < -0.4 is 0 Å². The van der Waals surface area contributed by atoms with E-state index in [2.05, 4.69) is 0 Å². The van der Waals surface area contributed by atoms with Gasteiger partial charge in [0.05, 0.1) is 0 Å². The van der Waals surface area contributed by atoms with E-state index in [1.807, 2.05) is 41.5 Å². The molecular weight excluding hydrogens is 366 g/mol. The van der Waals surface area contributed by atoms with Crippen LogP contribution in [0, 0.1) is 0 Å². The van der Waals surface area contributed by atoms with Crippen LogP contribution in [0.25, 0.3) is 0 Å². The van der Waals surface area contributed by atoms with E-state index in [-0.39, 0.29) is 85.7 Å². The molecule has 0 aromatic carbocycles. The lowest BCUT2D eigenvalue weighted by atomic mass is 11.0. The summed E-state index contributed by atoms with van der Waals surface area (Å²) in [6.45, 7) is 12.0. The third-order valence-electron chi connectivity index (χ3n) is 0. The second-order valence-electron chi connectivity index (χ2n) is 0. The molecule has 0 saturated carbocycles. The summed E-state index contributed by atoms with van der Waals surface area (Å²) in [4.78, 5) is 0. The smallest absolute Gasteiger partial charge is 0 e. The summed E-state index contributed by atoms with van der Waals surface area (Å²) < 4.78 is 0. The van der Waals surface area contributed by atoms with Gasteiger partial charge in [0.1, 0.15) is 0 Å². The third kappa shape index (κ3) is 220. The van der Waals surface area contributed by atoms with Gasteiger partial charge in [-0.15, -0.1) is 50.9 Å². The maximum Gasteiger partial charge on any atom is 0 e. The van der Waals surface area contributed by atoms with Crippen LogP contribution in [0.3, 0.4) is 0 Å². The van der Waals surface area contributed by atoms with E-state index in [9.17, 15) is 0 Å². The van der Waals surface area contributed by atoms with Crippen LogP contribution in [0.5, 0.6) is 0 Å². The van der Waals surface area contributed by atoms with Gasteiger partial charge in [0, 0.05) is 34.7 Å². The first-order chi connectivity index (χ1) is 3.00. The first-order valence-corrected chi connectivity index (χ1v) is 3.00. The summed E-state index contributed by atoms with van der Waals surface area (Å²) in [6.07, 6.45) is 0. The van der Waals surface area contributed by atoms with E-state index in [0.29, 0.717) is 0 Å². The Balaban J connectivity index is -0.00000000167. The van der Waals surface area contributed by atoms with Gasteiger partial charge in [-0.3, -0.25) is 0 Å². The van der Waals surface area contributed by atoms with Gasteiger partial charge in [-0.25, -0.2) is 0 Å². The molecule has 0 saturated heterocycles. The van der Waals surface area contributed by atoms with Gasteiger partial charge in [-0.1, -0.05) is 41.5 Å². The van der Waals surface area contributed by atoms with Gasteiger partial charge in [0.25, 0.3) is 0 Å². The topological polar surface area (TPSA) is 0 Å². The van der Waals surface area contributed by atoms with E-state index in [4.69, 9.17) is 0 Å². The Hall–Kier alpha value is 2.50. The zero-order chi connectivity index (χ0) is 6.00. The molecular formula is C6H21Al2Br3. The lowest BCUT2D eigenvalue weighted by Gasteiger charge is -1.07. The fourth-order valence-corrected chi connectivity index (χ4v) is 0. The Morgan fingerprint density at radius 1 is 0.364 bits per heavy atom. The Labute approximate surface area is 126 Å². The van der Waals surface area contributed by atoms with Crippen LogP contribution in [-0.4, -0.2) is 34.7 Å². The summed E-state index contributed by atoms with van der Waals surface area (Å²) in [6, 6.07) is 0. The van der Waals surface area contributed by atoms with Crippen molar-refractivity contribution in [3.8, 4) is 0 Å². The number of halogens is 3. The molecule has 0 aromatic rings. The average molecular weight is 387 g/mol. The van der Waals surface area contributed by atoms with Gasteiger partial charge in [0.2, 0.25) is 0 Å². The molecule has 11 heavy (non-hydrogen) atoms. The SMILES string of the molecule is Br.Br.Br.CC.CC.CC.[Al].[Al]. The predicted molar refractivity (Wildman–Crippen MR) is 76.5 cm³/mol. The summed E-state index contributed by atoms with van der Waals surface area (Å²) in [5, 5.41) is 0. The van der Waals surface area contributed by atoms with E-state index in [1.165, 1.54) is 0 Å². The lowest BCUT2D eigenvalue weighted by molar-refractivity contribution is 1.50. The molecule has 0 atom stereocenters. The lowest BCUT2D eigenvalue weighted by Crippen LogP contribution is -0.856. The minimum absolute atomic E-state index is 0. The van der Waals surface area contributed by atoms with Crippen molar-refractivity contribution >= 4 is 85.7 Å². The number of rotatable bonds is 0. The first kappa shape index (κ1) is 69.7. The van der Waals surface area contributed by atoms with Crippen LogP contribution in [0.4, 0.5) is 0 Å². The molecule has 0 spiro atoms. The Kier molecular flexibility index (Phi) is 1670. The largest absolute Gasteiger partial charge is 0.114 e. The normalized spacial score (nSPS) is 1.64. The fourth-order valence-electron chi connectivity index (χ4n) is 0. The highest BCUT2D eigenvalue weighted by Gasteiger charge is 0.936. The van der Waals surface area contributed by atoms with Crippen molar-refractivity contribution in [2.24, 2.45) is 0 Å². The van der Waals surface area contributed by atoms with Crippen LogP contribution in [0.15, 0.2) is 0 Å². The summed E-state index contributed by atoms with van der Waals surface area (Å²) in [5.41, 5.74) is 0. The summed E-state index contributed by atoms with van der Waals surface area (Å²) in [7, 11) is 0. The van der Waals surface area contributed by atoms with Crippen LogP contribution in [0.2, 0.25) is 0 Å². The van der Waals surface area contributed by atoms with Crippen molar-refractivity contribution in [2.75, 3.05) is 0 Å². The fraction of sp³-hybridized carbons (Fsp3) is 1.00. The maximum absolute atomic E-state index is 2.00. The Bertz CT molecular complexity index is 15.8. The monoisotopic (exact) mass is 384 g/mol. The molecule has 0 amide bonds. The molecule has 5 heteroatoms. The molecule has 0 aromatic heterocycles. The van der Waals surface area contributed by atoms with E-state index < -0.39 is 0 Å². The van der Waals surface area contributed by atoms with Crippen LogP contribution >= 0.6 is 50.9 Å². The molecule has 0 rings (SSSR count). The van der Waals surface area contributed by atoms with E-state index >= 15 is 0 Å². The number of hydrogen-bond acceptors (Lipinski definition) is 0. The number of hydrogen-bond donors (Lipinski definition) is 0. The van der Waals surface area contributed by atoms with Gasteiger partial charge >= 0.3 is 0 Å². The summed E-state index contributed by atoms with van der Waals surface area (Å²) >= 11 is 0. The highest BCUT2D eigenvalue weighted by molar-refractivity contribution is 8.93. The molecule has 0 fully saturated rings. The zero-order valence-corrected chi connectivity index (χ0v) is 15.8. The molecule has 6 radical (unpaired) electrons. The second-order valence-corrected chi connectivity index (χ2v) is 0.